The highest BCUT2D eigenvalue weighted by Gasteiger charge is 2.11. The Kier molecular flexibility index (Phi) is 3.89. The lowest BCUT2D eigenvalue weighted by molar-refractivity contribution is -0.131. The van der Waals surface area contributed by atoms with Crippen LogP contribution in [0.25, 0.3) is 11.8 Å². The van der Waals surface area contributed by atoms with E-state index in [0.717, 1.165) is 34.5 Å². The average Bonchev–Trinajstić information content (AvgIpc) is 2.72. The van der Waals surface area contributed by atoms with Crippen LogP contribution in [-0.4, -0.2) is 28.0 Å². The number of methoxy groups -OCH3 is 1. The van der Waals surface area contributed by atoms with Crippen molar-refractivity contribution in [2.75, 3.05) is 7.11 Å². The minimum absolute atomic E-state index is 0.748. The molecule has 0 spiro atoms. The van der Waals surface area contributed by atoms with Crippen LogP contribution in [0.15, 0.2) is 30.3 Å². The quantitative estimate of drug-likeness (QED) is 0.869. The SMILES string of the molecule is COc1cccc(-n2nc(C)c(/C=C/C(=O)O)c2C)c1. The summed E-state index contributed by atoms with van der Waals surface area (Å²) in [7, 11) is 1.61. The number of aryl methyl sites for hydroxylation is 1. The molecule has 20 heavy (non-hydrogen) atoms. The summed E-state index contributed by atoms with van der Waals surface area (Å²) in [5.41, 5.74) is 3.35. The maximum atomic E-state index is 10.6. The van der Waals surface area contributed by atoms with Crippen LogP contribution in [0.5, 0.6) is 5.75 Å². The number of hydrogen-bond donors (Lipinski definition) is 1. The Balaban J connectivity index is 2.48. The Hall–Kier alpha value is -2.56. The lowest BCUT2D eigenvalue weighted by Gasteiger charge is -2.06. The molecule has 0 amide bonds. The van der Waals surface area contributed by atoms with E-state index in [1.807, 2.05) is 38.1 Å². The third-order valence-electron chi connectivity index (χ3n) is 3.04. The molecule has 1 N–H and O–H groups in total. The predicted octanol–water partition coefficient (Wildman–Crippen LogP) is 2.60. The van der Waals surface area contributed by atoms with Gasteiger partial charge in [0.25, 0.3) is 0 Å². The third kappa shape index (κ3) is 2.71. The topological polar surface area (TPSA) is 64.4 Å². The molecule has 0 saturated carbocycles. The van der Waals surface area contributed by atoms with Gasteiger partial charge in [-0.2, -0.15) is 5.10 Å². The van der Waals surface area contributed by atoms with Gasteiger partial charge in [0.15, 0.2) is 0 Å². The summed E-state index contributed by atoms with van der Waals surface area (Å²) in [6.07, 6.45) is 2.68. The predicted molar refractivity (Wildman–Crippen MR) is 76.3 cm³/mol. The van der Waals surface area contributed by atoms with Crippen molar-refractivity contribution in [3.63, 3.8) is 0 Å². The average molecular weight is 272 g/mol. The normalized spacial score (nSPS) is 10.9. The molecule has 5 nitrogen and oxygen atoms in total. The number of carboxylic acids is 1. The summed E-state index contributed by atoms with van der Waals surface area (Å²) < 4.78 is 6.98. The van der Waals surface area contributed by atoms with E-state index in [1.54, 1.807) is 17.9 Å². The molecule has 1 aromatic heterocycles. The summed E-state index contributed by atoms with van der Waals surface area (Å²) in [6, 6.07) is 7.55. The molecule has 0 unspecified atom stereocenters. The van der Waals surface area contributed by atoms with Crippen molar-refractivity contribution in [1.82, 2.24) is 9.78 Å². The molecule has 0 fully saturated rings. The fourth-order valence-electron chi connectivity index (χ4n) is 2.04. The van der Waals surface area contributed by atoms with Crippen molar-refractivity contribution >= 4 is 12.0 Å². The van der Waals surface area contributed by atoms with E-state index in [9.17, 15) is 4.79 Å². The Bertz CT molecular complexity index is 672. The highest BCUT2D eigenvalue weighted by molar-refractivity contribution is 5.85. The summed E-state index contributed by atoms with van der Waals surface area (Å²) in [5, 5.41) is 13.2. The van der Waals surface area contributed by atoms with Gasteiger partial charge in [0.2, 0.25) is 0 Å². The number of ether oxygens (including phenoxy) is 1. The van der Waals surface area contributed by atoms with Gasteiger partial charge < -0.3 is 9.84 Å². The Labute approximate surface area is 117 Å². The number of hydrogen-bond acceptors (Lipinski definition) is 3. The van der Waals surface area contributed by atoms with Crippen molar-refractivity contribution < 1.29 is 14.6 Å². The van der Waals surface area contributed by atoms with Gasteiger partial charge in [-0.25, -0.2) is 9.48 Å². The van der Waals surface area contributed by atoms with Crippen molar-refractivity contribution in [1.29, 1.82) is 0 Å². The number of aliphatic carboxylic acids is 1. The molecule has 0 bridgehead atoms. The molecular weight excluding hydrogens is 256 g/mol. The molecule has 0 aliphatic carbocycles. The summed E-state index contributed by atoms with van der Waals surface area (Å²) in [6.45, 7) is 3.76. The monoisotopic (exact) mass is 272 g/mol. The minimum Gasteiger partial charge on any atom is -0.497 e. The molecule has 0 radical (unpaired) electrons. The fourth-order valence-corrected chi connectivity index (χ4v) is 2.04. The first-order valence-electron chi connectivity index (χ1n) is 6.14. The molecular formula is C15H16N2O3. The lowest BCUT2D eigenvalue weighted by atomic mass is 10.2. The maximum absolute atomic E-state index is 10.6. The molecule has 1 aromatic carbocycles. The number of carboxylic acid groups (broad SMARTS) is 1. The minimum atomic E-state index is -0.974. The molecule has 0 atom stereocenters. The second-order valence-corrected chi connectivity index (χ2v) is 4.37. The van der Waals surface area contributed by atoms with Crippen LogP contribution in [0.1, 0.15) is 17.0 Å². The summed E-state index contributed by atoms with van der Waals surface area (Å²) >= 11 is 0. The number of benzene rings is 1. The maximum Gasteiger partial charge on any atom is 0.328 e. The zero-order valence-corrected chi connectivity index (χ0v) is 11.6. The number of nitrogens with zero attached hydrogens (tertiary/aromatic N) is 2. The molecule has 1 heterocycles. The van der Waals surface area contributed by atoms with Crippen LogP contribution in [0.2, 0.25) is 0 Å². The standard InChI is InChI=1S/C15H16N2O3/c1-10-14(7-8-15(18)19)11(2)17(16-10)12-5-4-6-13(9-12)20-3/h4-9H,1-3H3,(H,18,19)/b8-7+. The summed E-state index contributed by atoms with van der Waals surface area (Å²) in [4.78, 5) is 10.6. The van der Waals surface area contributed by atoms with Gasteiger partial charge in [-0.15, -0.1) is 0 Å². The lowest BCUT2D eigenvalue weighted by Crippen LogP contribution is -1.99. The first-order chi connectivity index (χ1) is 9.52. The summed E-state index contributed by atoms with van der Waals surface area (Å²) in [5.74, 6) is -0.226. The molecule has 5 heteroatoms. The Morgan fingerprint density at radius 1 is 1.40 bits per heavy atom. The fraction of sp³-hybridized carbons (Fsp3) is 0.200. The number of aromatic nitrogens is 2. The number of rotatable bonds is 4. The van der Waals surface area contributed by atoms with Crippen molar-refractivity contribution in [3.05, 3.63) is 47.3 Å². The van der Waals surface area contributed by atoms with E-state index < -0.39 is 5.97 Å². The zero-order valence-electron chi connectivity index (χ0n) is 11.6. The van der Waals surface area contributed by atoms with Crippen LogP contribution in [-0.2, 0) is 4.79 Å². The molecule has 0 aliphatic rings. The second-order valence-electron chi connectivity index (χ2n) is 4.37. The van der Waals surface area contributed by atoms with Gasteiger partial charge in [0, 0.05) is 23.4 Å². The van der Waals surface area contributed by atoms with E-state index in [0.29, 0.717) is 0 Å². The molecule has 0 saturated heterocycles. The zero-order chi connectivity index (χ0) is 14.7. The van der Waals surface area contributed by atoms with E-state index >= 15 is 0 Å². The van der Waals surface area contributed by atoms with Crippen molar-refractivity contribution in [2.24, 2.45) is 0 Å². The Morgan fingerprint density at radius 2 is 2.15 bits per heavy atom. The molecule has 2 rings (SSSR count). The smallest absolute Gasteiger partial charge is 0.328 e. The van der Waals surface area contributed by atoms with Gasteiger partial charge in [-0.05, 0) is 32.1 Å². The third-order valence-corrected chi connectivity index (χ3v) is 3.04. The highest BCUT2D eigenvalue weighted by Crippen LogP contribution is 2.22. The van der Waals surface area contributed by atoms with Gasteiger partial charge in [0.1, 0.15) is 5.75 Å². The number of carbonyl (C=O) groups is 1. The Morgan fingerprint density at radius 3 is 2.80 bits per heavy atom. The first-order valence-corrected chi connectivity index (χ1v) is 6.14. The van der Waals surface area contributed by atoms with Crippen LogP contribution in [0, 0.1) is 13.8 Å². The van der Waals surface area contributed by atoms with Crippen LogP contribution in [0.3, 0.4) is 0 Å². The van der Waals surface area contributed by atoms with Crippen molar-refractivity contribution in [2.45, 2.75) is 13.8 Å². The van der Waals surface area contributed by atoms with Crippen molar-refractivity contribution in [3.8, 4) is 11.4 Å². The second kappa shape index (κ2) is 5.61. The molecule has 104 valence electrons. The van der Waals surface area contributed by atoms with E-state index in [4.69, 9.17) is 9.84 Å². The first kappa shape index (κ1) is 13.9. The molecule has 0 aliphatic heterocycles. The largest absolute Gasteiger partial charge is 0.497 e. The van der Waals surface area contributed by atoms with Gasteiger partial charge in [-0.1, -0.05) is 6.07 Å². The van der Waals surface area contributed by atoms with E-state index in [1.165, 1.54) is 0 Å². The van der Waals surface area contributed by atoms with E-state index in [-0.39, 0.29) is 0 Å². The van der Waals surface area contributed by atoms with E-state index in [2.05, 4.69) is 5.10 Å². The van der Waals surface area contributed by atoms with Crippen LogP contribution < -0.4 is 4.74 Å². The van der Waals surface area contributed by atoms with Crippen LogP contribution >= 0.6 is 0 Å². The van der Waals surface area contributed by atoms with Gasteiger partial charge >= 0.3 is 5.97 Å². The van der Waals surface area contributed by atoms with Crippen LogP contribution in [0.4, 0.5) is 0 Å². The molecule has 2 aromatic rings. The highest BCUT2D eigenvalue weighted by atomic mass is 16.5. The van der Waals surface area contributed by atoms with Gasteiger partial charge in [0.05, 0.1) is 18.5 Å². The van der Waals surface area contributed by atoms with Gasteiger partial charge in [-0.3, -0.25) is 0 Å².